The van der Waals surface area contributed by atoms with Gasteiger partial charge in [0, 0.05) is 24.3 Å². The van der Waals surface area contributed by atoms with Gasteiger partial charge in [-0.05, 0) is 17.7 Å². The fraction of sp³-hybridized carbons (Fsp3) is 0.304. The largest absolute Gasteiger partial charge is 0.486 e. The van der Waals surface area contributed by atoms with Crippen LogP contribution in [0.4, 0.5) is 0 Å². The van der Waals surface area contributed by atoms with E-state index in [0.29, 0.717) is 36.7 Å². The van der Waals surface area contributed by atoms with Crippen molar-refractivity contribution in [2.45, 2.75) is 25.1 Å². The molecule has 30 heavy (non-hydrogen) atoms. The summed E-state index contributed by atoms with van der Waals surface area (Å²) in [7, 11) is 0. The van der Waals surface area contributed by atoms with Crippen LogP contribution in [-0.2, 0) is 17.1 Å². The summed E-state index contributed by atoms with van der Waals surface area (Å²) >= 11 is 3.28. The monoisotopic (exact) mass is 438 g/mol. The molecule has 1 aliphatic rings. The number of hydrogen-bond donors (Lipinski definition) is 0. The predicted octanol–water partition coefficient (Wildman–Crippen LogP) is 4.25. The smallest absolute Gasteiger partial charge is 0.248 e. The second-order valence-electron chi connectivity index (χ2n) is 6.79. The molecule has 0 saturated heterocycles. The molecular formula is C23H22N2O3S2. The van der Waals surface area contributed by atoms with E-state index in [2.05, 4.69) is 23.0 Å². The molecule has 2 heterocycles. The zero-order valence-corrected chi connectivity index (χ0v) is 18.1. The van der Waals surface area contributed by atoms with E-state index >= 15 is 0 Å². The Labute approximate surface area is 183 Å². The van der Waals surface area contributed by atoms with Crippen LogP contribution in [0, 0.1) is 12.3 Å². The number of ether oxygens (including phenoxy) is 2. The number of fused-ring (bicyclic) bond motifs is 2. The van der Waals surface area contributed by atoms with Crippen LogP contribution >= 0.6 is 23.1 Å². The van der Waals surface area contributed by atoms with Crippen molar-refractivity contribution < 1.29 is 14.3 Å². The number of benzene rings is 2. The molecule has 0 radical (unpaired) electrons. The summed E-state index contributed by atoms with van der Waals surface area (Å²) < 4.78 is 14.2. The summed E-state index contributed by atoms with van der Waals surface area (Å²) in [5.41, 5.74) is 2.21. The average Bonchev–Trinajstić information content (AvgIpc) is 3.08. The van der Waals surface area contributed by atoms with Crippen molar-refractivity contribution in [2.75, 3.05) is 19.0 Å². The third-order valence-corrected chi connectivity index (χ3v) is 6.76. The van der Waals surface area contributed by atoms with E-state index < -0.39 is 0 Å². The predicted molar refractivity (Wildman–Crippen MR) is 122 cm³/mol. The average molecular weight is 439 g/mol. The van der Waals surface area contributed by atoms with Crippen LogP contribution < -0.4 is 14.3 Å². The van der Waals surface area contributed by atoms with Crippen molar-refractivity contribution in [1.82, 2.24) is 4.57 Å². The van der Waals surface area contributed by atoms with Gasteiger partial charge < -0.3 is 14.0 Å². The van der Waals surface area contributed by atoms with E-state index in [1.807, 2.05) is 46.7 Å². The first-order valence-corrected chi connectivity index (χ1v) is 11.8. The fourth-order valence-electron chi connectivity index (χ4n) is 3.19. The molecule has 0 saturated carbocycles. The lowest BCUT2D eigenvalue weighted by Gasteiger charge is -2.18. The van der Waals surface area contributed by atoms with Crippen LogP contribution in [0.1, 0.15) is 18.4 Å². The molecule has 1 amide bonds. The minimum absolute atomic E-state index is 0.120. The number of amides is 1. The SMILES string of the molecule is C#CCn1c(=NC(=O)CCCSCc2ccccc2)sc2cc3c(cc21)OCCO3. The Balaban J connectivity index is 1.44. The Morgan fingerprint density at radius 3 is 2.73 bits per heavy atom. The Hall–Kier alpha value is -2.69. The molecule has 1 aromatic heterocycles. The molecule has 0 unspecified atom stereocenters. The number of aromatic nitrogens is 1. The van der Waals surface area contributed by atoms with Gasteiger partial charge in [-0.3, -0.25) is 4.79 Å². The first kappa shape index (κ1) is 20.6. The standard InChI is InChI=1S/C23H22N2O3S2/c1-2-10-25-18-14-19-20(28-12-11-27-19)15-21(18)30-23(25)24-22(26)9-6-13-29-16-17-7-4-3-5-8-17/h1,3-5,7-8,14-15H,6,9-13,16H2. The molecule has 4 rings (SSSR count). The Morgan fingerprint density at radius 2 is 1.97 bits per heavy atom. The quantitative estimate of drug-likeness (QED) is 0.409. The second-order valence-corrected chi connectivity index (χ2v) is 8.90. The van der Waals surface area contributed by atoms with Gasteiger partial charge in [0.05, 0.1) is 16.8 Å². The van der Waals surface area contributed by atoms with Gasteiger partial charge in [-0.25, -0.2) is 0 Å². The minimum atomic E-state index is -0.120. The van der Waals surface area contributed by atoms with Crippen LogP contribution in [-0.4, -0.2) is 29.4 Å². The lowest BCUT2D eigenvalue weighted by Crippen LogP contribution is -2.17. The molecule has 1 aliphatic heterocycles. The van der Waals surface area contributed by atoms with Crippen LogP contribution in [0.5, 0.6) is 11.5 Å². The van der Waals surface area contributed by atoms with Crippen molar-refractivity contribution in [3.05, 3.63) is 52.8 Å². The summed E-state index contributed by atoms with van der Waals surface area (Å²) in [6.07, 6.45) is 6.79. The van der Waals surface area contributed by atoms with Crippen molar-refractivity contribution in [3.8, 4) is 23.8 Å². The molecule has 0 bridgehead atoms. The highest BCUT2D eigenvalue weighted by molar-refractivity contribution is 7.98. The van der Waals surface area contributed by atoms with Gasteiger partial charge >= 0.3 is 0 Å². The third-order valence-electron chi connectivity index (χ3n) is 4.61. The topological polar surface area (TPSA) is 52.8 Å². The van der Waals surface area contributed by atoms with Crippen LogP contribution in [0.15, 0.2) is 47.5 Å². The number of rotatable bonds is 7. The molecule has 2 aromatic carbocycles. The molecule has 0 N–H and O–H groups in total. The number of thioether (sulfide) groups is 1. The highest BCUT2D eigenvalue weighted by Crippen LogP contribution is 2.35. The molecule has 0 fully saturated rings. The third kappa shape index (κ3) is 4.89. The van der Waals surface area contributed by atoms with Crippen molar-refractivity contribution in [1.29, 1.82) is 0 Å². The van der Waals surface area contributed by atoms with Crippen LogP contribution in [0.2, 0.25) is 0 Å². The second kappa shape index (κ2) is 9.88. The lowest BCUT2D eigenvalue weighted by atomic mass is 10.2. The maximum absolute atomic E-state index is 12.5. The van der Waals surface area contributed by atoms with Gasteiger partial charge in [0.2, 0.25) is 5.91 Å². The number of carbonyl (C=O) groups is 1. The van der Waals surface area contributed by atoms with Gasteiger partial charge in [0.15, 0.2) is 16.3 Å². The van der Waals surface area contributed by atoms with Gasteiger partial charge in [0.25, 0.3) is 0 Å². The summed E-state index contributed by atoms with van der Waals surface area (Å²) in [4.78, 5) is 17.4. The fourth-order valence-corrected chi connectivity index (χ4v) is 5.17. The number of thiazole rings is 1. The van der Waals surface area contributed by atoms with Crippen molar-refractivity contribution in [2.24, 2.45) is 4.99 Å². The van der Waals surface area contributed by atoms with Crippen molar-refractivity contribution >= 4 is 39.2 Å². The molecule has 0 aliphatic carbocycles. The van der Waals surface area contributed by atoms with E-state index in [0.717, 1.165) is 33.9 Å². The first-order valence-electron chi connectivity index (χ1n) is 9.80. The summed E-state index contributed by atoms with van der Waals surface area (Å²) in [6.45, 7) is 1.40. The van der Waals surface area contributed by atoms with E-state index in [-0.39, 0.29) is 5.91 Å². The molecule has 0 spiro atoms. The normalized spacial score (nSPS) is 13.4. The maximum atomic E-state index is 12.5. The summed E-state index contributed by atoms with van der Waals surface area (Å²) in [5, 5.41) is 0. The molecule has 154 valence electrons. The maximum Gasteiger partial charge on any atom is 0.248 e. The number of carbonyl (C=O) groups excluding carboxylic acids is 1. The number of terminal acetylenes is 1. The van der Waals surface area contributed by atoms with Crippen LogP contribution in [0.25, 0.3) is 10.2 Å². The zero-order chi connectivity index (χ0) is 20.8. The molecule has 7 heteroatoms. The van der Waals surface area contributed by atoms with Crippen molar-refractivity contribution in [3.63, 3.8) is 0 Å². The Bertz CT molecular complexity index is 1140. The molecule has 0 atom stereocenters. The van der Waals surface area contributed by atoms with Gasteiger partial charge in [-0.2, -0.15) is 16.8 Å². The molecular weight excluding hydrogens is 416 g/mol. The van der Waals surface area contributed by atoms with Gasteiger partial charge in [0.1, 0.15) is 13.2 Å². The lowest BCUT2D eigenvalue weighted by molar-refractivity contribution is -0.118. The van der Waals surface area contributed by atoms with E-state index in [1.54, 1.807) is 0 Å². The number of nitrogens with zero attached hydrogens (tertiary/aromatic N) is 2. The summed E-state index contributed by atoms with van der Waals surface area (Å²) in [5.74, 6) is 5.83. The van der Waals surface area contributed by atoms with Gasteiger partial charge in [-0.1, -0.05) is 47.6 Å². The van der Waals surface area contributed by atoms with E-state index in [4.69, 9.17) is 15.9 Å². The van der Waals surface area contributed by atoms with Crippen LogP contribution in [0.3, 0.4) is 0 Å². The number of hydrogen-bond acceptors (Lipinski definition) is 5. The molecule has 3 aromatic rings. The highest BCUT2D eigenvalue weighted by Gasteiger charge is 2.16. The minimum Gasteiger partial charge on any atom is -0.486 e. The molecule has 5 nitrogen and oxygen atoms in total. The Kier molecular flexibility index (Phi) is 6.77. The van der Waals surface area contributed by atoms with E-state index in [1.165, 1.54) is 16.9 Å². The van der Waals surface area contributed by atoms with Gasteiger partial charge in [-0.15, -0.1) is 6.42 Å². The summed E-state index contributed by atoms with van der Waals surface area (Å²) in [6, 6.07) is 14.2. The zero-order valence-electron chi connectivity index (χ0n) is 16.5. The van der Waals surface area contributed by atoms with E-state index in [9.17, 15) is 4.79 Å². The first-order chi connectivity index (χ1) is 14.7. The highest BCUT2D eigenvalue weighted by atomic mass is 32.2. The Morgan fingerprint density at radius 1 is 1.20 bits per heavy atom.